The average molecular weight is 477 g/mol. The van der Waals surface area contributed by atoms with Gasteiger partial charge in [0.25, 0.3) is 0 Å². The molecule has 0 spiro atoms. The number of piperidine rings is 3. The van der Waals surface area contributed by atoms with Crippen LogP contribution in [0, 0.1) is 25.2 Å². The van der Waals surface area contributed by atoms with E-state index in [0.29, 0.717) is 12.5 Å². The molecule has 3 heterocycles. The van der Waals surface area contributed by atoms with Gasteiger partial charge in [0.2, 0.25) is 0 Å². The van der Waals surface area contributed by atoms with Crippen molar-refractivity contribution in [1.29, 1.82) is 0 Å². The molecule has 0 unspecified atom stereocenters. The first-order chi connectivity index (χ1) is 16.7. The third-order valence-corrected chi connectivity index (χ3v) is 8.47. The lowest BCUT2D eigenvalue weighted by molar-refractivity contribution is -0.0353. The van der Waals surface area contributed by atoms with Crippen LogP contribution in [0.4, 0.5) is 4.79 Å². The largest absolute Gasteiger partial charge is 0.493 e. The van der Waals surface area contributed by atoms with Gasteiger partial charge in [0.05, 0.1) is 12.6 Å². The number of ether oxygens (including phenoxy) is 2. The molecular formula is C30H40N2O3. The van der Waals surface area contributed by atoms with Crippen LogP contribution in [0.2, 0.25) is 0 Å². The van der Waals surface area contributed by atoms with Crippen LogP contribution in [0.5, 0.6) is 5.75 Å². The van der Waals surface area contributed by atoms with Crippen molar-refractivity contribution in [3.05, 3.63) is 52.6 Å². The summed E-state index contributed by atoms with van der Waals surface area (Å²) in [4.78, 5) is 15.5. The average Bonchev–Trinajstić information content (AvgIpc) is 2.83. The van der Waals surface area contributed by atoms with Gasteiger partial charge < -0.3 is 14.8 Å². The predicted molar refractivity (Wildman–Crippen MR) is 140 cm³/mol. The van der Waals surface area contributed by atoms with Gasteiger partial charge in [-0.05, 0) is 116 Å². The summed E-state index contributed by atoms with van der Waals surface area (Å²) in [5, 5.41) is 3.27. The number of rotatable bonds is 5. The van der Waals surface area contributed by atoms with Crippen LogP contribution < -0.4 is 10.1 Å². The van der Waals surface area contributed by atoms with Gasteiger partial charge in [-0.1, -0.05) is 32.0 Å². The predicted octanol–water partition coefficient (Wildman–Crippen LogP) is 6.20. The third-order valence-electron chi connectivity index (χ3n) is 8.47. The molecule has 1 amide bonds. The van der Waals surface area contributed by atoms with Gasteiger partial charge in [0, 0.05) is 6.54 Å². The first-order valence-electron chi connectivity index (χ1n) is 13.3. The lowest BCUT2D eigenvalue weighted by atomic mass is 9.70. The molecular weight excluding hydrogens is 436 g/mol. The number of hydrogen-bond acceptors (Lipinski definition) is 4. The maximum atomic E-state index is 13.0. The fraction of sp³-hybridized carbons (Fsp3) is 0.567. The minimum atomic E-state index is -0.267. The van der Waals surface area contributed by atoms with Gasteiger partial charge in [0.15, 0.2) is 0 Å². The SMILES string of the molecule is CCOc1c(C)cc(-c2ccc3c(c2)CCC(C)(C)[C@H]3NC(=O)O[C@@H]2CN3CCC2CC3)cc1C. The van der Waals surface area contributed by atoms with Gasteiger partial charge >= 0.3 is 6.09 Å². The smallest absolute Gasteiger partial charge is 0.407 e. The van der Waals surface area contributed by atoms with Gasteiger partial charge in [0.1, 0.15) is 11.9 Å². The Kier molecular flexibility index (Phi) is 6.56. The standard InChI is InChI=1S/C30H40N2O3/c1-6-34-27-19(2)15-24(16-20(27)3)22-7-8-25-23(17-22)9-12-30(4,5)28(25)31-29(33)35-26-18-32-13-10-21(26)11-14-32/h7-8,15-17,21,26,28H,6,9-14,18H2,1-5H3,(H,31,33)/t26-,28+/m1/s1. The molecule has 0 aromatic heterocycles. The number of fused-ring (bicyclic) bond motifs is 4. The second kappa shape index (κ2) is 9.50. The fourth-order valence-corrected chi connectivity index (χ4v) is 6.40. The van der Waals surface area contributed by atoms with Crippen LogP contribution >= 0.6 is 0 Å². The number of alkyl carbamates (subject to hydrolysis) is 1. The number of nitrogens with one attached hydrogen (secondary N) is 1. The number of aryl methyl sites for hydroxylation is 3. The van der Waals surface area contributed by atoms with Crippen molar-refractivity contribution in [2.75, 3.05) is 26.2 Å². The number of nitrogens with zero attached hydrogens (tertiary/aromatic N) is 1. The van der Waals surface area contributed by atoms with Crippen LogP contribution in [0.25, 0.3) is 11.1 Å². The highest BCUT2D eigenvalue weighted by atomic mass is 16.6. The van der Waals surface area contributed by atoms with Gasteiger partial charge in [-0.2, -0.15) is 0 Å². The summed E-state index contributed by atoms with van der Waals surface area (Å²) < 4.78 is 11.8. The molecule has 2 bridgehead atoms. The monoisotopic (exact) mass is 476 g/mol. The molecule has 3 fully saturated rings. The molecule has 3 aliphatic heterocycles. The van der Waals surface area contributed by atoms with Gasteiger partial charge in [-0.15, -0.1) is 0 Å². The molecule has 2 aromatic rings. The molecule has 3 saturated heterocycles. The van der Waals surface area contributed by atoms with E-state index in [-0.39, 0.29) is 23.7 Å². The summed E-state index contributed by atoms with van der Waals surface area (Å²) in [6.45, 7) is 14.6. The molecule has 1 aliphatic carbocycles. The molecule has 1 N–H and O–H groups in total. The van der Waals surface area contributed by atoms with Crippen molar-refractivity contribution in [3.8, 4) is 16.9 Å². The van der Waals surface area contributed by atoms with Gasteiger partial charge in [-0.25, -0.2) is 4.79 Å². The fourth-order valence-electron chi connectivity index (χ4n) is 6.40. The summed E-state index contributed by atoms with van der Waals surface area (Å²) in [5.74, 6) is 1.50. The molecule has 2 atom stereocenters. The lowest BCUT2D eigenvalue weighted by Crippen LogP contribution is -2.53. The minimum Gasteiger partial charge on any atom is -0.493 e. The van der Waals surface area contributed by atoms with Crippen LogP contribution in [0.1, 0.15) is 68.3 Å². The number of carbonyl (C=O) groups excluding carboxylic acids is 1. The topological polar surface area (TPSA) is 50.8 Å². The molecule has 0 radical (unpaired) electrons. The molecule has 0 saturated carbocycles. The van der Waals surface area contributed by atoms with Crippen molar-refractivity contribution in [1.82, 2.24) is 10.2 Å². The molecule has 2 aromatic carbocycles. The summed E-state index contributed by atoms with van der Waals surface area (Å²) >= 11 is 0. The highest BCUT2D eigenvalue weighted by Gasteiger charge is 2.40. The second-order valence-electron chi connectivity index (χ2n) is 11.4. The first-order valence-corrected chi connectivity index (χ1v) is 13.3. The van der Waals surface area contributed by atoms with E-state index in [9.17, 15) is 4.79 Å². The van der Waals surface area contributed by atoms with Crippen molar-refractivity contribution in [3.63, 3.8) is 0 Å². The summed E-state index contributed by atoms with van der Waals surface area (Å²) in [5.41, 5.74) is 7.25. The zero-order valence-corrected chi connectivity index (χ0v) is 21.9. The first kappa shape index (κ1) is 24.2. The summed E-state index contributed by atoms with van der Waals surface area (Å²) in [6.07, 6.45) is 4.08. The van der Waals surface area contributed by atoms with E-state index in [1.807, 2.05) is 6.92 Å². The van der Waals surface area contributed by atoms with Crippen molar-refractivity contribution < 1.29 is 14.3 Å². The number of carbonyl (C=O) groups is 1. The van der Waals surface area contributed by atoms with E-state index in [1.165, 1.54) is 22.3 Å². The summed E-state index contributed by atoms with van der Waals surface area (Å²) in [6, 6.07) is 11.1. The van der Waals surface area contributed by atoms with Crippen LogP contribution in [0.15, 0.2) is 30.3 Å². The highest BCUT2D eigenvalue weighted by molar-refractivity contribution is 5.71. The minimum absolute atomic E-state index is 0.0252. The van der Waals surface area contributed by atoms with E-state index < -0.39 is 0 Å². The Hall–Kier alpha value is -2.53. The maximum Gasteiger partial charge on any atom is 0.407 e. The molecule has 188 valence electrons. The quantitative estimate of drug-likeness (QED) is 0.558. The van der Waals surface area contributed by atoms with E-state index in [0.717, 1.165) is 62.2 Å². The Morgan fingerprint density at radius 1 is 1.09 bits per heavy atom. The van der Waals surface area contributed by atoms with Crippen molar-refractivity contribution in [2.24, 2.45) is 11.3 Å². The highest BCUT2D eigenvalue weighted by Crippen LogP contribution is 2.45. The number of amides is 1. The molecule has 5 heteroatoms. The normalized spacial score (nSPS) is 26.7. The zero-order chi connectivity index (χ0) is 24.7. The lowest BCUT2D eigenvalue weighted by Gasteiger charge is -2.44. The second-order valence-corrected chi connectivity index (χ2v) is 11.4. The number of hydrogen-bond donors (Lipinski definition) is 1. The van der Waals surface area contributed by atoms with Crippen LogP contribution in [-0.4, -0.2) is 43.3 Å². The molecule has 4 aliphatic rings. The van der Waals surface area contributed by atoms with E-state index in [1.54, 1.807) is 0 Å². The maximum absolute atomic E-state index is 13.0. The Labute approximate surface area is 210 Å². The van der Waals surface area contributed by atoms with Crippen molar-refractivity contribution in [2.45, 2.75) is 72.4 Å². The number of benzene rings is 2. The van der Waals surface area contributed by atoms with Crippen molar-refractivity contribution >= 4 is 6.09 Å². The Morgan fingerprint density at radius 2 is 1.80 bits per heavy atom. The molecule has 35 heavy (non-hydrogen) atoms. The third kappa shape index (κ3) is 4.80. The molecule has 6 rings (SSSR count). The van der Waals surface area contributed by atoms with Crippen LogP contribution in [0.3, 0.4) is 0 Å². The summed E-state index contributed by atoms with van der Waals surface area (Å²) in [7, 11) is 0. The Bertz CT molecular complexity index is 1080. The van der Waals surface area contributed by atoms with E-state index >= 15 is 0 Å². The Morgan fingerprint density at radius 3 is 2.43 bits per heavy atom. The van der Waals surface area contributed by atoms with E-state index in [4.69, 9.17) is 9.47 Å². The Balaban J connectivity index is 1.36. The van der Waals surface area contributed by atoms with Gasteiger partial charge in [-0.3, -0.25) is 4.90 Å². The van der Waals surface area contributed by atoms with Crippen LogP contribution in [-0.2, 0) is 11.2 Å². The molecule has 5 nitrogen and oxygen atoms in total. The van der Waals surface area contributed by atoms with E-state index in [2.05, 4.69) is 68.2 Å². The zero-order valence-electron chi connectivity index (χ0n) is 21.9.